The van der Waals surface area contributed by atoms with Crippen LogP contribution >= 0.6 is 11.6 Å². The van der Waals surface area contributed by atoms with Crippen LogP contribution in [0.15, 0.2) is 60.9 Å². The minimum atomic E-state index is -0.242. The molecule has 0 aliphatic heterocycles. The standard InChI is InChI=1S/C16H12ClN3O/c17-13-5-1-2-6-14(13)19-16(21)9-8-12-11-18-15-7-3-4-10-20(12)15/h1-11H,(H,19,21)/b9-8+. The first kappa shape index (κ1) is 13.4. The zero-order valence-electron chi connectivity index (χ0n) is 11.0. The highest BCUT2D eigenvalue weighted by molar-refractivity contribution is 6.33. The maximum atomic E-state index is 11.9. The van der Waals surface area contributed by atoms with Crippen molar-refractivity contribution in [3.05, 3.63) is 71.7 Å². The zero-order valence-corrected chi connectivity index (χ0v) is 11.8. The first-order valence-corrected chi connectivity index (χ1v) is 6.77. The van der Waals surface area contributed by atoms with Crippen LogP contribution in [0.4, 0.5) is 5.69 Å². The number of benzene rings is 1. The van der Waals surface area contributed by atoms with Crippen LogP contribution in [0.25, 0.3) is 11.7 Å². The van der Waals surface area contributed by atoms with Crippen LogP contribution in [0.2, 0.25) is 5.02 Å². The lowest BCUT2D eigenvalue weighted by molar-refractivity contribution is -0.111. The summed E-state index contributed by atoms with van der Waals surface area (Å²) < 4.78 is 1.90. The quantitative estimate of drug-likeness (QED) is 0.750. The van der Waals surface area contributed by atoms with Crippen molar-refractivity contribution in [3.8, 4) is 0 Å². The monoisotopic (exact) mass is 297 g/mol. The number of hydrogen-bond acceptors (Lipinski definition) is 2. The number of amides is 1. The van der Waals surface area contributed by atoms with Crippen molar-refractivity contribution in [1.82, 2.24) is 9.38 Å². The van der Waals surface area contributed by atoms with Gasteiger partial charge < -0.3 is 9.72 Å². The van der Waals surface area contributed by atoms with Crippen LogP contribution in [-0.4, -0.2) is 15.3 Å². The summed E-state index contributed by atoms with van der Waals surface area (Å²) >= 11 is 5.99. The maximum absolute atomic E-state index is 11.9. The van der Waals surface area contributed by atoms with Gasteiger partial charge in [-0.25, -0.2) is 4.98 Å². The third kappa shape index (κ3) is 2.95. The van der Waals surface area contributed by atoms with E-state index in [-0.39, 0.29) is 5.91 Å². The van der Waals surface area contributed by atoms with Gasteiger partial charge in [0.15, 0.2) is 0 Å². The number of pyridine rings is 1. The summed E-state index contributed by atoms with van der Waals surface area (Å²) in [5.41, 5.74) is 2.26. The number of halogens is 1. The van der Waals surface area contributed by atoms with E-state index < -0.39 is 0 Å². The van der Waals surface area contributed by atoms with Gasteiger partial charge in [0.2, 0.25) is 5.91 Å². The fraction of sp³-hybridized carbons (Fsp3) is 0. The van der Waals surface area contributed by atoms with Crippen LogP contribution in [0.5, 0.6) is 0 Å². The van der Waals surface area contributed by atoms with Crippen LogP contribution in [0.3, 0.4) is 0 Å². The van der Waals surface area contributed by atoms with Gasteiger partial charge >= 0.3 is 0 Å². The average molecular weight is 298 g/mol. The predicted octanol–water partition coefficient (Wildman–Crippen LogP) is 3.64. The predicted molar refractivity (Wildman–Crippen MR) is 84.3 cm³/mol. The van der Waals surface area contributed by atoms with E-state index in [4.69, 9.17) is 11.6 Å². The van der Waals surface area contributed by atoms with Gasteiger partial charge in [-0.15, -0.1) is 0 Å². The average Bonchev–Trinajstić information content (AvgIpc) is 2.91. The highest BCUT2D eigenvalue weighted by Gasteiger charge is 2.03. The number of fused-ring (bicyclic) bond motifs is 1. The Morgan fingerprint density at radius 1 is 1.19 bits per heavy atom. The molecule has 5 heteroatoms. The van der Waals surface area contributed by atoms with Gasteiger partial charge in [-0.3, -0.25) is 4.79 Å². The van der Waals surface area contributed by atoms with Gasteiger partial charge in [-0.2, -0.15) is 0 Å². The molecule has 104 valence electrons. The van der Waals surface area contributed by atoms with Crippen molar-refractivity contribution in [2.24, 2.45) is 0 Å². The summed E-state index contributed by atoms with van der Waals surface area (Å²) in [6.07, 6.45) is 6.79. The molecule has 0 aliphatic carbocycles. The van der Waals surface area contributed by atoms with Crippen LogP contribution in [0, 0.1) is 0 Å². The smallest absolute Gasteiger partial charge is 0.248 e. The molecule has 1 amide bonds. The number of imidazole rings is 1. The number of nitrogens with one attached hydrogen (secondary N) is 1. The Balaban J connectivity index is 1.77. The molecule has 3 aromatic rings. The van der Waals surface area contributed by atoms with Gasteiger partial charge in [-0.1, -0.05) is 29.8 Å². The zero-order chi connectivity index (χ0) is 14.7. The number of carbonyl (C=O) groups excluding carboxylic acids is 1. The topological polar surface area (TPSA) is 46.4 Å². The molecule has 0 spiro atoms. The molecule has 0 bridgehead atoms. The summed E-state index contributed by atoms with van der Waals surface area (Å²) in [4.78, 5) is 16.2. The Bertz CT molecular complexity index is 823. The Hall–Kier alpha value is -2.59. The van der Waals surface area contributed by atoms with E-state index in [9.17, 15) is 4.79 Å². The lowest BCUT2D eigenvalue weighted by Crippen LogP contribution is -2.08. The third-order valence-corrected chi connectivity index (χ3v) is 3.31. The van der Waals surface area contributed by atoms with Gasteiger partial charge in [-0.05, 0) is 30.3 Å². The molecule has 2 heterocycles. The van der Waals surface area contributed by atoms with Gasteiger partial charge in [0.25, 0.3) is 0 Å². The fourth-order valence-corrected chi connectivity index (χ4v) is 2.16. The normalized spacial score (nSPS) is 11.1. The molecule has 3 rings (SSSR count). The van der Waals surface area contributed by atoms with Crippen molar-refractivity contribution in [2.45, 2.75) is 0 Å². The molecule has 0 atom stereocenters. The Morgan fingerprint density at radius 2 is 2.00 bits per heavy atom. The molecule has 0 fully saturated rings. The molecule has 0 saturated carbocycles. The molecule has 2 aromatic heterocycles. The number of anilines is 1. The van der Waals surface area contributed by atoms with Gasteiger partial charge in [0.05, 0.1) is 22.6 Å². The van der Waals surface area contributed by atoms with E-state index in [0.717, 1.165) is 11.3 Å². The van der Waals surface area contributed by atoms with Crippen molar-refractivity contribution in [1.29, 1.82) is 0 Å². The first-order valence-electron chi connectivity index (χ1n) is 6.40. The minimum Gasteiger partial charge on any atom is -0.321 e. The van der Waals surface area contributed by atoms with Crippen LogP contribution in [0.1, 0.15) is 5.69 Å². The van der Waals surface area contributed by atoms with E-state index in [1.807, 2.05) is 40.9 Å². The van der Waals surface area contributed by atoms with Crippen molar-refractivity contribution in [2.75, 3.05) is 5.32 Å². The highest BCUT2D eigenvalue weighted by atomic mass is 35.5. The Kier molecular flexibility index (Phi) is 3.71. The SMILES string of the molecule is O=C(/C=C/c1cnc2ccccn12)Nc1ccccc1Cl. The van der Waals surface area contributed by atoms with E-state index in [0.29, 0.717) is 10.7 Å². The number of para-hydroxylation sites is 1. The largest absolute Gasteiger partial charge is 0.321 e. The third-order valence-electron chi connectivity index (χ3n) is 2.98. The second-order valence-electron chi connectivity index (χ2n) is 4.41. The first-order chi connectivity index (χ1) is 10.2. The molecule has 1 aromatic carbocycles. The molecule has 1 N–H and O–H groups in total. The minimum absolute atomic E-state index is 0.242. The Morgan fingerprint density at radius 3 is 2.86 bits per heavy atom. The molecule has 0 aliphatic rings. The molecule has 0 saturated heterocycles. The summed E-state index contributed by atoms with van der Waals surface area (Å²) in [6.45, 7) is 0. The Labute approximate surface area is 126 Å². The molecular weight excluding hydrogens is 286 g/mol. The molecular formula is C16H12ClN3O. The van der Waals surface area contributed by atoms with E-state index in [1.165, 1.54) is 6.08 Å². The van der Waals surface area contributed by atoms with Crippen LogP contribution in [-0.2, 0) is 4.79 Å². The summed E-state index contributed by atoms with van der Waals surface area (Å²) in [5.74, 6) is -0.242. The molecule has 4 nitrogen and oxygen atoms in total. The van der Waals surface area contributed by atoms with Gasteiger partial charge in [0, 0.05) is 12.3 Å². The van der Waals surface area contributed by atoms with E-state index in [2.05, 4.69) is 10.3 Å². The van der Waals surface area contributed by atoms with Crippen molar-refractivity contribution < 1.29 is 4.79 Å². The summed E-state index contributed by atoms with van der Waals surface area (Å²) in [7, 11) is 0. The molecule has 0 radical (unpaired) electrons. The second-order valence-corrected chi connectivity index (χ2v) is 4.82. The second kappa shape index (κ2) is 5.81. The van der Waals surface area contributed by atoms with Crippen molar-refractivity contribution >= 4 is 34.9 Å². The van der Waals surface area contributed by atoms with Crippen molar-refractivity contribution in [3.63, 3.8) is 0 Å². The number of hydrogen-bond donors (Lipinski definition) is 1. The molecule has 0 unspecified atom stereocenters. The molecule has 21 heavy (non-hydrogen) atoms. The lowest BCUT2D eigenvalue weighted by atomic mass is 10.3. The lowest BCUT2D eigenvalue weighted by Gasteiger charge is -2.03. The summed E-state index contributed by atoms with van der Waals surface area (Å²) in [5, 5.41) is 3.24. The highest BCUT2D eigenvalue weighted by Crippen LogP contribution is 2.20. The number of aromatic nitrogens is 2. The van der Waals surface area contributed by atoms with Crippen LogP contribution < -0.4 is 5.32 Å². The van der Waals surface area contributed by atoms with Gasteiger partial charge in [0.1, 0.15) is 5.65 Å². The maximum Gasteiger partial charge on any atom is 0.248 e. The number of carbonyl (C=O) groups is 1. The van der Waals surface area contributed by atoms with E-state index in [1.54, 1.807) is 24.4 Å². The fourth-order valence-electron chi connectivity index (χ4n) is 1.97. The summed E-state index contributed by atoms with van der Waals surface area (Å²) in [6, 6.07) is 12.8. The number of nitrogens with zero attached hydrogens (tertiary/aromatic N) is 2. The number of rotatable bonds is 3. The van der Waals surface area contributed by atoms with E-state index >= 15 is 0 Å².